The summed E-state index contributed by atoms with van der Waals surface area (Å²) in [6.07, 6.45) is -0.673. The van der Waals surface area contributed by atoms with Crippen molar-refractivity contribution in [3.8, 4) is 11.5 Å². The molecule has 1 saturated heterocycles. The number of esters is 1. The zero-order valence-electron chi connectivity index (χ0n) is 16.6. The molecule has 1 aromatic carbocycles. The summed E-state index contributed by atoms with van der Waals surface area (Å²) in [6.45, 7) is 5.18. The lowest BCUT2D eigenvalue weighted by molar-refractivity contribution is -0.141. The molecular weight excluding hydrogens is 396 g/mol. The highest BCUT2D eigenvalue weighted by Gasteiger charge is 2.36. The maximum absolute atomic E-state index is 12.8. The van der Waals surface area contributed by atoms with Crippen LogP contribution in [0.1, 0.15) is 36.5 Å². The van der Waals surface area contributed by atoms with Crippen LogP contribution in [0.25, 0.3) is 11.5 Å². The van der Waals surface area contributed by atoms with Crippen LogP contribution in [0.4, 0.5) is 0 Å². The van der Waals surface area contributed by atoms with Crippen LogP contribution in [0, 0.1) is 6.92 Å². The first-order valence-electron chi connectivity index (χ1n) is 9.46. The van der Waals surface area contributed by atoms with Crippen molar-refractivity contribution in [1.29, 1.82) is 0 Å². The number of sulfone groups is 1. The van der Waals surface area contributed by atoms with Crippen LogP contribution in [-0.4, -0.2) is 60.4 Å². The summed E-state index contributed by atoms with van der Waals surface area (Å²) in [6, 6.07) is 8.74. The predicted octanol–water partition coefficient (Wildman–Crippen LogP) is 2.23. The highest BCUT2D eigenvalue weighted by atomic mass is 32.2. The fourth-order valence-electron chi connectivity index (χ4n) is 3.41. The molecule has 0 saturated carbocycles. The molecule has 0 spiro atoms. The molecule has 2 aromatic rings. The van der Waals surface area contributed by atoms with E-state index in [1.807, 2.05) is 18.2 Å². The van der Waals surface area contributed by atoms with Crippen molar-refractivity contribution in [1.82, 2.24) is 9.88 Å². The lowest BCUT2D eigenvalue weighted by atomic mass is 10.2. The molecule has 0 N–H and O–H groups in total. The summed E-state index contributed by atoms with van der Waals surface area (Å²) in [5, 5.41) is 0. The van der Waals surface area contributed by atoms with Crippen LogP contribution in [0.5, 0.6) is 0 Å². The van der Waals surface area contributed by atoms with E-state index in [2.05, 4.69) is 4.98 Å². The average Bonchev–Trinajstić information content (AvgIpc) is 3.25. The van der Waals surface area contributed by atoms with E-state index in [0.717, 1.165) is 5.56 Å². The van der Waals surface area contributed by atoms with E-state index in [1.165, 1.54) is 11.8 Å². The Morgan fingerprint density at radius 3 is 2.59 bits per heavy atom. The lowest BCUT2D eigenvalue weighted by Crippen LogP contribution is -2.46. The molecule has 2 heterocycles. The first-order chi connectivity index (χ1) is 13.7. The van der Waals surface area contributed by atoms with Gasteiger partial charge in [-0.15, -0.1) is 0 Å². The highest BCUT2D eigenvalue weighted by molar-refractivity contribution is 7.91. The quantitative estimate of drug-likeness (QED) is 0.660. The number of rotatable bonds is 6. The van der Waals surface area contributed by atoms with E-state index >= 15 is 0 Å². The van der Waals surface area contributed by atoms with Crippen LogP contribution in [0.3, 0.4) is 0 Å². The zero-order chi connectivity index (χ0) is 21.2. The number of likely N-dealkylation sites (N-methyl/N-ethyl adjacent to an activating group) is 1. The molecule has 1 aromatic heterocycles. The molecule has 1 aliphatic rings. The SMILES string of the molecule is CCN(C(=O)[C@@H](C)OC(=O)c1nc(-c2ccccc2)oc1C)[C@H]1CCS(=O)(=O)C1. The van der Waals surface area contributed by atoms with E-state index in [-0.39, 0.29) is 17.2 Å². The number of amides is 1. The summed E-state index contributed by atoms with van der Waals surface area (Å²) in [4.78, 5) is 31.0. The van der Waals surface area contributed by atoms with Crippen molar-refractivity contribution >= 4 is 21.7 Å². The molecule has 3 rings (SSSR count). The van der Waals surface area contributed by atoms with Crippen molar-refractivity contribution in [2.24, 2.45) is 0 Å². The number of hydrogen-bond donors (Lipinski definition) is 0. The number of ether oxygens (including phenoxy) is 1. The van der Waals surface area contributed by atoms with E-state index in [1.54, 1.807) is 26.0 Å². The number of hydrogen-bond acceptors (Lipinski definition) is 7. The van der Waals surface area contributed by atoms with Crippen LogP contribution < -0.4 is 0 Å². The van der Waals surface area contributed by atoms with Gasteiger partial charge in [0.15, 0.2) is 21.6 Å². The van der Waals surface area contributed by atoms with Crippen molar-refractivity contribution < 1.29 is 27.2 Å². The molecule has 0 unspecified atom stereocenters. The van der Waals surface area contributed by atoms with Crippen molar-refractivity contribution in [2.75, 3.05) is 18.1 Å². The standard InChI is InChI=1S/C20H24N2O6S/c1-4-22(16-10-11-29(25,26)12-16)19(23)14(3)28-20(24)17-13(2)27-18(21-17)15-8-6-5-7-9-15/h5-9,14,16H,4,10-12H2,1-3H3/t14-,16+/m1/s1. The van der Waals surface area contributed by atoms with Crippen LogP contribution in [0.15, 0.2) is 34.7 Å². The summed E-state index contributed by atoms with van der Waals surface area (Å²) in [7, 11) is -3.13. The third-order valence-corrected chi connectivity index (χ3v) is 6.67. The molecule has 9 heteroatoms. The lowest BCUT2D eigenvalue weighted by Gasteiger charge is -2.29. The number of carbonyl (C=O) groups excluding carboxylic acids is 2. The first kappa shape index (κ1) is 21.0. The minimum atomic E-state index is -3.13. The van der Waals surface area contributed by atoms with Crippen LogP contribution in [0.2, 0.25) is 0 Å². The predicted molar refractivity (Wildman–Crippen MR) is 106 cm³/mol. The molecule has 1 fully saturated rings. The molecule has 1 aliphatic heterocycles. The second kappa shape index (κ2) is 8.36. The highest BCUT2D eigenvalue weighted by Crippen LogP contribution is 2.23. The number of oxazole rings is 1. The minimum absolute atomic E-state index is 0.00926. The summed E-state index contributed by atoms with van der Waals surface area (Å²) in [5.41, 5.74) is 0.730. The zero-order valence-corrected chi connectivity index (χ0v) is 17.4. The van der Waals surface area contributed by atoms with Crippen molar-refractivity contribution in [3.63, 3.8) is 0 Å². The smallest absolute Gasteiger partial charge is 0.361 e. The largest absolute Gasteiger partial charge is 0.448 e. The molecule has 2 atom stereocenters. The summed E-state index contributed by atoms with van der Waals surface area (Å²) >= 11 is 0. The Bertz CT molecular complexity index is 999. The first-order valence-corrected chi connectivity index (χ1v) is 11.3. The Morgan fingerprint density at radius 1 is 1.31 bits per heavy atom. The van der Waals surface area contributed by atoms with Gasteiger partial charge >= 0.3 is 5.97 Å². The molecule has 0 radical (unpaired) electrons. The third-order valence-electron chi connectivity index (χ3n) is 4.92. The Morgan fingerprint density at radius 2 is 2.00 bits per heavy atom. The van der Waals surface area contributed by atoms with Gasteiger partial charge in [-0.25, -0.2) is 18.2 Å². The van der Waals surface area contributed by atoms with Crippen molar-refractivity contribution in [2.45, 2.75) is 39.3 Å². The van der Waals surface area contributed by atoms with Gasteiger partial charge in [0, 0.05) is 18.2 Å². The van der Waals surface area contributed by atoms with E-state index in [0.29, 0.717) is 24.6 Å². The van der Waals surface area contributed by atoms with Gasteiger partial charge < -0.3 is 14.1 Å². The monoisotopic (exact) mass is 420 g/mol. The van der Waals surface area contributed by atoms with Crippen molar-refractivity contribution in [3.05, 3.63) is 41.8 Å². The fourth-order valence-corrected chi connectivity index (χ4v) is 5.14. The number of aromatic nitrogens is 1. The Balaban J connectivity index is 1.70. The Hall–Kier alpha value is -2.68. The maximum atomic E-state index is 12.8. The normalized spacial score (nSPS) is 18.9. The van der Waals surface area contributed by atoms with Gasteiger partial charge in [-0.3, -0.25) is 4.79 Å². The van der Waals surface area contributed by atoms with Gasteiger partial charge in [0.1, 0.15) is 5.76 Å². The fraction of sp³-hybridized carbons (Fsp3) is 0.450. The molecule has 8 nitrogen and oxygen atoms in total. The average molecular weight is 420 g/mol. The topological polar surface area (TPSA) is 107 Å². The van der Waals surface area contributed by atoms with E-state index in [9.17, 15) is 18.0 Å². The van der Waals surface area contributed by atoms with Gasteiger partial charge in [0.05, 0.1) is 11.5 Å². The molecule has 1 amide bonds. The third kappa shape index (κ3) is 4.67. The molecule has 0 bridgehead atoms. The Labute approximate surface area is 169 Å². The molecule has 29 heavy (non-hydrogen) atoms. The second-order valence-electron chi connectivity index (χ2n) is 7.02. The number of benzene rings is 1. The molecular formula is C20H24N2O6S. The second-order valence-corrected chi connectivity index (χ2v) is 9.25. The van der Waals surface area contributed by atoms with E-state index in [4.69, 9.17) is 9.15 Å². The number of aryl methyl sites for hydroxylation is 1. The van der Waals surface area contributed by atoms with Crippen LogP contribution >= 0.6 is 0 Å². The minimum Gasteiger partial charge on any atom is -0.448 e. The number of nitrogens with zero attached hydrogens (tertiary/aromatic N) is 2. The van der Waals surface area contributed by atoms with Gasteiger partial charge in [-0.05, 0) is 39.3 Å². The maximum Gasteiger partial charge on any atom is 0.361 e. The summed E-state index contributed by atoms with van der Waals surface area (Å²) in [5.74, 6) is -0.591. The van der Waals surface area contributed by atoms with Gasteiger partial charge in [-0.2, -0.15) is 0 Å². The van der Waals surface area contributed by atoms with Gasteiger partial charge in [0.25, 0.3) is 5.91 Å². The van der Waals surface area contributed by atoms with Gasteiger partial charge in [0.2, 0.25) is 5.89 Å². The molecule has 156 valence electrons. The number of carbonyl (C=O) groups is 2. The van der Waals surface area contributed by atoms with Crippen LogP contribution in [-0.2, 0) is 19.4 Å². The Kier molecular flexibility index (Phi) is 6.07. The molecule has 0 aliphatic carbocycles. The van der Waals surface area contributed by atoms with E-state index < -0.39 is 33.9 Å². The summed E-state index contributed by atoms with van der Waals surface area (Å²) < 4.78 is 34.3. The van der Waals surface area contributed by atoms with Gasteiger partial charge in [-0.1, -0.05) is 18.2 Å².